The summed E-state index contributed by atoms with van der Waals surface area (Å²) in [6.45, 7) is 1.95. The van der Waals surface area contributed by atoms with Crippen molar-refractivity contribution in [3.05, 3.63) is 51.3 Å². The molecular weight excluding hydrogens is 262 g/mol. The van der Waals surface area contributed by atoms with Gasteiger partial charge in [0.05, 0.1) is 6.42 Å². The smallest absolute Gasteiger partial charge is 0.171 e. The molecule has 3 rings (SSSR count). The minimum Gasteiger partial charge on any atom is -0.294 e. The van der Waals surface area contributed by atoms with Crippen LogP contribution in [0.4, 0.5) is 0 Å². The Morgan fingerprint density at radius 3 is 2.94 bits per heavy atom. The molecule has 0 spiro atoms. The summed E-state index contributed by atoms with van der Waals surface area (Å²) in [4.78, 5) is 16.7. The normalized spacial score (nSPS) is 10.9. The maximum absolute atomic E-state index is 12.3. The van der Waals surface area contributed by atoms with Crippen molar-refractivity contribution in [1.29, 1.82) is 0 Å². The summed E-state index contributed by atoms with van der Waals surface area (Å²) < 4.78 is 1.08. The van der Waals surface area contributed by atoms with Gasteiger partial charge in [-0.05, 0) is 29.8 Å². The lowest BCUT2D eigenvalue weighted by molar-refractivity contribution is 0.0994. The molecule has 0 aliphatic carbocycles. The lowest BCUT2D eigenvalue weighted by Crippen LogP contribution is -2.03. The maximum Gasteiger partial charge on any atom is 0.171 e. The Hall–Kier alpha value is -1.52. The number of aromatic nitrogens is 1. The number of ketones is 1. The quantitative estimate of drug-likeness (QED) is 0.673. The van der Waals surface area contributed by atoms with Crippen LogP contribution < -0.4 is 0 Å². The first-order valence-electron chi connectivity index (χ1n) is 5.64. The van der Waals surface area contributed by atoms with Crippen LogP contribution in [0.15, 0.2) is 35.0 Å². The number of rotatable bonds is 3. The minimum atomic E-state index is 0.150. The molecule has 0 N–H and O–H groups in total. The predicted octanol–water partition coefficient (Wildman–Crippen LogP) is 4.09. The van der Waals surface area contributed by atoms with Crippen LogP contribution in [0.1, 0.15) is 21.1 Å². The third-order valence-electron chi connectivity index (χ3n) is 2.76. The fourth-order valence-corrected chi connectivity index (χ4v) is 3.63. The van der Waals surface area contributed by atoms with Gasteiger partial charge in [-0.15, -0.1) is 22.7 Å². The highest BCUT2D eigenvalue weighted by molar-refractivity contribution is 7.17. The van der Waals surface area contributed by atoms with Crippen LogP contribution in [0.5, 0.6) is 0 Å². The molecule has 2 aromatic heterocycles. The van der Waals surface area contributed by atoms with Crippen LogP contribution in [0.3, 0.4) is 0 Å². The molecule has 0 saturated heterocycles. The molecule has 0 aliphatic heterocycles. The average molecular weight is 273 g/mol. The summed E-state index contributed by atoms with van der Waals surface area (Å²) in [5.41, 5.74) is 1.80. The molecule has 0 atom stereocenters. The van der Waals surface area contributed by atoms with Crippen LogP contribution in [0.25, 0.3) is 10.1 Å². The Bertz CT molecular complexity index is 711. The summed E-state index contributed by atoms with van der Waals surface area (Å²) in [6.07, 6.45) is 0.398. The van der Waals surface area contributed by atoms with Crippen LogP contribution in [-0.4, -0.2) is 10.8 Å². The number of aryl methyl sites for hydroxylation is 1. The zero-order valence-electron chi connectivity index (χ0n) is 9.84. The number of carbonyl (C=O) groups excluding carboxylic acids is 1. The number of carbonyl (C=O) groups is 1. The Labute approximate surface area is 113 Å². The molecule has 18 heavy (non-hydrogen) atoms. The van der Waals surface area contributed by atoms with E-state index in [1.54, 1.807) is 22.7 Å². The summed E-state index contributed by atoms with van der Waals surface area (Å²) in [5.74, 6) is 0.150. The fourth-order valence-electron chi connectivity index (χ4n) is 1.93. The molecule has 0 bridgehead atoms. The Morgan fingerprint density at radius 2 is 2.17 bits per heavy atom. The van der Waals surface area contributed by atoms with Gasteiger partial charge >= 0.3 is 0 Å². The van der Waals surface area contributed by atoms with Crippen molar-refractivity contribution in [3.8, 4) is 0 Å². The molecule has 1 aromatic carbocycles. The molecule has 2 nitrogen and oxygen atoms in total. The van der Waals surface area contributed by atoms with Crippen LogP contribution in [-0.2, 0) is 6.42 Å². The van der Waals surface area contributed by atoms with E-state index in [1.807, 2.05) is 41.9 Å². The van der Waals surface area contributed by atoms with Crippen molar-refractivity contribution < 1.29 is 4.79 Å². The van der Waals surface area contributed by atoms with Gasteiger partial charge < -0.3 is 0 Å². The molecule has 4 heteroatoms. The van der Waals surface area contributed by atoms with Gasteiger partial charge in [0.25, 0.3) is 0 Å². The van der Waals surface area contributed by atoms with Crippen molar-refractivity contribution in [2.24, 2.45) is 0 Å². The van der Waals surface area contributed by atoms with Gasteiger partial charge in [-0.3, -0.25) is 4.79 Å². The van der Waals surface area contributed by atoms with E-state index in [9.17, 15) is 4.79 Å². The zero-order valence-corrected chi connectivity index (χ0v) is 11.5. The lowest BCUT2D eigenvalue weighted by Gasteiger charge is -2.00. The number of hydrogen-bond donors (Lipinski definition) is 0. The number of Topliss-reactive ketones (excluding diaryl/α,β-unsaturated/α-hetero) is 1. The molecule has 0 fully saturated rings. The van der Waals surface area contributed by atoms with E-state index >= 15 is 0 Å². The average Bonchev–Trinajstić information content (AvgIpc) is 2.97. The lowest BCUT2D eigenvalue weighted by atomic mass is 10.1. The molecular formula is C14H11NOS2. The van der Waals surface area contributed by atoms with E-state index in [1.165, 1.54) is 0 Å². The number of hydrogen-bond acceptors (Lipinski definition) is 4. The monoisotopic (exact) mass is 273 g/mol. The van der Waals surface area contributed by atoms with E-state index in [0.29, 0.717) is 6.42 Å². The van der Waals surface area contributed by atoms with Gasteiger partial charge in [-0.2, -0.15) is 0 Å². The highest BCUT2D eigenvalue weighted by Gasteiger charge is 2.13. The van der Waals surface area contributed by atoms with Crippen molar-refractivity contribution in [2.45, 2.75) is 13.3 Å². The fraction of sp³-hybridized carbons (Fsp3) is 0.143. The summed E-state index contributed by atoms with van der Waals surface area (Å²) in [6, 6.07) is 7.93. The molecule has 0 unspecified atom stereocenters. The van der Waals surface area contributed by atoms with Gasteiger partial charge in [0.2, 0.25) is 0 Å². The highest BCUT2D eigenvalue weighted by Crippen LogP contribution is 2.26. The van der Waals surface area contributed by atoms with E-state index in [-0.39, 0.29) is 5.78 Å². The second kappa shape index (κ2) is 4.63. The zero-order chi connectivity index (χ0) is 12.5. The second-order valence-electron chi connectivity index (χ2n) is 4.13. The summed E-state index contributed by atoms with van der Waals surface area (Å²) in [7, 11) is 0. The van der Waals surface area contributed by atoms with Gasteiger partial charge in [0.15, 0.2) is 5.78 Å². The number of thiophene rings is 1. The van der Waals surface area contributed by atoms with E-state index in [0.717, 1.165) is 26.4 Å². The van der Waals surface area contributed by atoms with Gasteiger partial charge in [-0.1, -0.05) is 12.1 Å². The van der Waals surface area contributed by atoms with Crippen molar-refractivity contribution in [3.63, 3.8) is 0 Å². The topological polar surface area (TPSA) is 30.0 Å². The SMILES string of the molecule is Cc1csc(CC(=O)c2cccc3ccsc23)n1. The molecule has 0 saturated carbocycles. The maximum atomic E-state index is 12.3. The molecule has 3 aromatic rings. The molecule has 0 aliphatic rings. The summed E-state index contributed by atoms with van der Waals surface area (Å²) >= 11 is 3.17. The molecule has 2 heterocycles. The van der Waals surface area contributed by atoms with Gasteiger partial charge in [0, 0.05) is 21.3 Å². The molecule has 0 radical (unpaired) electrons. The molecule has 90 valence electrons. The highest BCUT2D eigenvalue weighted by atomic mass is 32.1. The largest absolute Gasteiger partial charge is 0.294 e. The third kappa shape index (κ3) is 2.09. The van der Waals surface area contributed by atoms with E-state index in [4.69, 9.17) is 0 Å². The Kier molecular flexibility index (Phi) is 2.97. The van der Waals surface area contributed by atoms with E-state index in [2.05, 4.69) is 4.98 Å². The van der Waals surface area contributed by atoms with Gasteiger partial charge in [-0.25, -0.2) is 4.98 Å². The Balaban J connectivity index is 1.94. The predicted molar refractivity (Wildman–Crippen MR) is 76.7 cm³/mol. The second-order valence-corrected chi connectivity index (χ2v) is 5.99. The van der Waals surface area contributed by atoms with Crippen LogP contribution in [0, 0.1) is 6.92 Å². The van der Waals surface area contributed by atoms with Crippen molar-refractivity contribution in [1.82, 2.24) is 4.98 Å². The van der Waals surface area contributed by atoms with Crippen LogP contribution in [0.2, 0.25) is 0 Å². The number of nitrogens with zero attached hydrogens (tertiary/aromatic N) is 1. The van der Waals surface area contributed by atoms with E-state index < -0.39 is 0 Å². The number of benzene rings is 1. The Morgan fingerprint density at radius 1 is 1.28 bits per heavy atom. The third-order valence-corrected chi connectivity index (χ3v) is 4.69. The first-order chi connectivity index (χ1) is 8.74. The van der Waals surface area contributed by atoms with Crippen molar-refractivity contribution in [2.75, 3.05) is 0 Å². The van der Waals surface area contributed by atoms with Crippen molar-refractivity contribution >= 4 is 38.5 Å². The summed E-state index contributed by atoms with van der Waals surface area (Å²) in [5, 5.41) is 6.04. The standard InChI is InChI=1S/C14H11NOS2/c1-9-8-18-13(15-9)7-12(16)11-4-2-3-10-5-6-17-14(10)11/h2-6,8H,7H2,1H3. The minimum absolute atomic E-state index is 0.150. The van der Waals surface area contributed by atoms with Gasteiger partial charge in [0.1, 0.15) is 5.01 Å². The van der Waals surface area contributed by atoms with Crippen LogP contribution >= 0.6 is 22.7 Å². The number of thiazole rings is 1. The first-order valence-corrected chi connectivity index (χ1v) is 7.40. The number of fused-ring (bicyclic) bond motifs is 1. The first kappa shape index (κ1) is 11.6. The molecule has 0 amide bonds.